The van der Waals surface area contributed by atoms with E-state index in [2.05, 4.69) is 27.7 Å². The quantitative estimate of drug-likeness (QED) is 0.164. The van der Waals surface area contributed by atoms with Gasteiger partial charge in [0, 0.05) is 11.4 Å². The zero-order valence-corrected chi connectivity index (χ0v) is 24.0. The van der Waals surface area contributed by atoms with Crippen molar-refractivity contribution < 1.29 is 4.79 Å². The Hall–Kier alpha value is -3.22. The summed E-state index contributed by atoms with van der Waals surface area (Å²) in [5, 5.41) is 16.4. The molecule has 3 aromatic rings. The van der Waals surface area contributed by atoms with E-state index in [0.29, 0.717) is 12.4 Å². The van der Waals surface area contributed by atoms with E-state index in [1.807, 2.05) is 58.0 Å². The zero-order chi connectivity index (χ0) is 27.5. The number of unbranched alkanes of at least 4 members (excludes halogenated alkanes) is 9. The highest BCUT2D eigenvalue weighted by atomic mass is 16.2. The van der Waals surface area contributed by atoms with Gasteiger partial charge in [-0.25, -0.2) is 0 Å². The Morgan fingerprint density at radius 3 is 1.97 bits per heavy atom. The van der Waals surface area contributed by atoms with Crippen LogP contribution in [0, 0.1) is 27.7 Å². The fraction of sp³-hybridized carbons (Fsp3) is 0.548. The van der Waals surface area contributed by atoms with Gasteiger partial charge in [0.25, 0.3) is 0 Å². The lowest BCUT2D eigenvalue weighted by molar-refractivity contribution is -0.116. The molecule has 7 heteroatoms. The van der Waals surface area contributed by atoms with Gasteiger partial charge in [-0.05, 0) is 67.1 Å². The number of aryl methyl sites for hydroxylation is 1. The van der Waals surface area contributed by atoms with Crippen molar-refractivity contribution in [3.05, 3.63) is 64.0 Å². The molecule has 0 fully saturated rings. The molecule has 3 N–H and O–H groups in total. The molecule has 0 saturated carbocycles. The van der Waals surface area contributed by atoms with E-state index in [4.69, 9.17) is 5.73 Å². The minimum absolute atomic E-state index is 0.176. The Bertz CT molecular complexity index is 1140. The summed E-state index contributed by atoms with van der Waals surface area (Å²) in [7, 11) is 0. The van der Waals surface area contributed by atoms with Gasteiger partial charge in [-0.15, -0.1) is 10.2 Å². The van der Waals surface area contributed by atoms with Gasteiger partial charge in [0.1, 0.15) is 5.92 Å². The summed E-state index contributed by atoms with van der Waals surface area (Å²) in [4.78, 5) is 15.4. The van der Waals surface area contributed by atoms with Crippen LogP contribution in [0.25, 0.3) is 0 Å². The molecular formula is C31H46N6O. The summed E-state index contributed by atoms with van der Waals surface area (Å²) in [5.41, 5.74) is 12.6. The first kappa shape index (κ1) is 29.3. The number of nitrogens with one attached hydrogen (secondary N) is 1. The average molecular weight is 519 g/mol. The topological polar surface area (TPSA) is 98.7 Å². The second-order valence-electron chi connectivity index (χ2n) is 10.5. The first-order valence-corrected chi connectivity index (χ1v) is 14.3. The van der Waals surface area contributed by atoms with Crippen LogP contribution in [0.1, 0.15) is 111 Å². The average Bonchev–Trinajstić information content (AvgIpc) is 3.38. The van der Waals surface area contributed by atoms with Crippen LogP contribution in [0.4, 0.5) is 11.4 Å². The maximum atomic E-state index is 13.7. The number of anilines is 2. The number of hydrogen-bond acceptors (Lipinski definition) is 5. The minimum Gasteiger partial charge on any atom is -0.398 e. The molecule has 0 saturated heterocycles. The molecule has 0 aliphatic heterocycles. The van der Waals surface area contributed by atoms with E-state index in [-0.39, 0.29) is 5.91 Å². The molecule has 0 bridgehead atoms. The van der Waals surface area contributed by atoms with Gasteiger partial charge in [0.05, 0.1) is 6.54 Å². The molecular weight excluding hydrogens is 472 g/mol. The number of amides is 1. The lowest BCUT2D eigenvalue weighted by atomic mass is 9.94. The van der Waals surface area contributed by atoms with Crippen molar-refractivity contribution in [2.24, 2.45) is 0 Å². The van der Waals surface area contributed by atoms with Crippen LogP contribution in [0.15, 0.2) is 30.3 Å². The van der Waals surface area contributed by atoms with Gasteiger partial charge in [0.15, 0.2) is 5.82 Å². The van der Waals surface area contributed by atoms with Gasteiger partial charge in [0.2, 0.25) is 5.91 Å². The standard InChI is InChI=1S/C31H46N6O/c1-6-7-8-9-10-11-12-13-14-18-21-37-35-30(34-36-37)27(26-19-16-15-17-20-26)31(38)33-29-24(4)22(2)28(32)23(3)25(29)5/h15-17,19-20,27H,6-14,18,21,32H2,1-5H3,(H,33,38). The number of carbonyl (C=O) groups excluding carboxylic acids is 1. The highest BCUT2D eigenvalue weighted by molar-refractivity contribution is 5.99. The molecule has 1 atom stereocenters. The van der Waals surface area contributed by atoms with Gasteiger partial charge < -0.3 is 11.1 Å². The van der Waals surface area contributed by atoms with Crippen molar-refractivity contribution in [1.82, 2.24) is 20.2 Å². The number of nitrogens with zero attached hydrogens (tertiary/aromatic N) is 4. The first-order chi connectivity index (χ1) is 18.3. The third-order valence-electron chi connectivity index (χ3n) is 7.76. The molecule has 1 amide bonds. The molecule has 206 valence electrons. The highest BCUT2D eigenvalue weighted by Crippen LogP contribution is 2.33. The van der Waals surface area contributed by atoms with Crippen molar-refractivity contribution >= 4 is 17.3 Å². The first-order valence-electron chi connectivity index (χ1n) is 14.3. The van der Waals surface area contributed by atoms with E-state index in [1.54, 1.807) is 4.80 Å². The number of nitrogen functional groups attached to an aromatic ring is 1. The van der Waals surface area contributed by atoms with E-state index in [9.17, 15) is 4.79 Å². The monoisotopic (exact) mass is 518 g/mol. The normalized spacial score (nSPS) is 12.0. The summed E-state index contributed by atoms with van der Waals surface area (Å²) in [6.45, 7) is 10.9. The minimum atomic E-state index is -0.658. The molecule has 0 aliphatic rings. The molecule has 1 aromatic heterocycles. The molecule has 0 aliphatic carbocycles. The lowest BCUT2D eigenvalue weighted by Crippen LogP contribution is -2.25. The predicted molar refractivity (Wildman–Crippen MR) is 156 cm³/mol. The lowest BCUT2D eigenvalue weighted by Gasteiger charge is -2.21. The fourth-order valence-corrected chi connectivity index (χ4v) is 4.99. The van der Waals surface area contributed by atoms with Crippen LogP contribution in [0.5, 0.6) is 0 Å². The number of carbonyl (C=O) groups is 1. The van der Waals surface area contributed by atoms with Crippen LogP contribution < -0.4 is 11.1 Å². The molecule has 38 heavy (non-hydrogen) atoms. The van der Waals surface area contributed by atoms with Gasteiger partial charge in [-0.2, -0.15) is 4.80 Å². The Kier molecular flexibility index (Phi) is 11.3. The number of hydrogen-bond donors (Lipinski definition) is 2. The van der Waals surface area contributed by atoms with Gasteiger partial charge in [-0.3, -0.25) is 4.79 Å². The Balaban J connectivity index is 1.64. The van der Waals surface area contributed by atoms with Crippen molar-refractivity contribution in [2.45, 2.75) is 111 Å². The van der Waals surface area contributed by atoms with Crippen molar-refractivity contribution in [2.75, 3.05) is 11.1 Å². The summed E-state index contributed by atoms with van der Waals surface area (Å²) in [6, 6.07) is 9.67. The maximum Gasteiger partial charge on any atom is 0.239 e. The van der Waals surface area contributed by atoms with E-state index < -0.39 is 5.92 Å². The maximum absolute atomic E-state index is 13.7. The summed E-state index contributed by atoms with van der Waals surface area (Å²) in [6.07, 6.45) is 12.8. The number of nitrogens with two attached hydrogens (primary N) is 1. The van der Waals surface area contributed by atoms with Crippen molar-refractivity contribution in [3.63, 3.8) is 0 Å². The number of tetrazole rings is 1. The van der Waals surface area contributed by atoms with Gasteiger partial charge in [-0.1, -0.05) is 95.0 Å². The third kappa shape index (κ3) is 7.65. The summed E-state index contributed by atoms with van der Waals surface area (Å²) < 4.78 is 0. The molecule has 2 aromatic carbocycles. The predicted octanol–water partition coefficient (Wildman–Crippen LogP) is 7.18. The third-order valence-corrected chi connectivity index (χ3v) is 7.76. The summed E-state index contributed by atoms with van der Waals surface area (Å²) in [5.74, 6) is -0.418. The largest absolute Gasteiger partial charge is 0.398 e. The Morgan fingerprint density at radius 2 is 1.39 bits per heavy atom. The van der Waals surface area contributed by atoms with Crippen LogP contribution in [-0.2, 0) is 11.3 Å². The SMILES string of the molecule is CCCCCCCCCCCCn1nnc(C(C(=O)Nc2c(C)c(C)c(N)c(C)c2C)c2ccccc2)n1. The second-order valence-corrected chi connectivity index (χ2v) is 10.5. The smallest absolute Gasteiger partial charge is 0.239 e. The number of rotatable bonds is 15. The zero-order valence-electron chi connectivity index (χ0n) is 24.0. The van der Waals surface area contributed by atoms with E-state index >= 15 is 0 Å². The molecule has 0 radical (unpaired) electrons. The van der Waals surface area contributed by atoms with Crippen LogP contribution >= 0.6 is 0 Å². The number of benzene rings is 2. The Morgan fingerprint density at radius 1 is 0.842 bits per heavy atom. The number of aromatic nitrogens is 4. The second kappa shape index (κ2) is 14.6. The molecule has 3 rings (SSSR count). The summed E-state index contributed by atoms with van der Waals surface area (Å²) >= 11 is 0. The van der Waals surface area contributed by atoms with Crippen LogP contribution in [0.2, 0.25) is 0 Å². The van der Waals surface area contributed by atoms with Crippen LogP contribution in [-0.4, -0.2) is 26.1 Å². The Labute approximate surface area is 228 Å². The molecule has 1 heterocycles. The van der Waals surface area contributed by atoms with Gasteiger partial charge >= 0.3 is 0 Å². The van der Waals surface area contributed by atoms with Crippen molar-refractivity contribution in [3.8, 4) is 0 Å². The highest BCUT2D eigenvalue weighted by Gasteiger charge is 2.29. The van der Waals surface area contributed by atoms with Crippen molar-refractivity contribution in [1.29, 1.82) is 0 Å². The molecule has 7 nitrogen and oxygen atoms in total. The molecule has 0 spiro atoms. The fourth-order valence-electron chi connectivity index (χ4n) is 4.99. The molecule has 1 unspecified atom stereocenters. The van der Waals surface area contributed by atoms with E-state index in [0.717, 1.165) is 52.0 Å². The van der Waals surface area contributed by atoms with E-state index in [1.165, 1.54) is 51.4 Å². The van der Waals surface area contributed by atoms with Crippen LogP contribution in [0.3, 0.4) is 0 Å².